The highest BCUT2D eigenvalue weighted by molar-refractivity contribution is 6.31. The first-order valence-corrected chi connectivity index (χ1v) is 6.35. The van der Waals surface area contributed by atoms with Crippen molar-refractivity contribution in [1.29, 1.82) is 5.26 Å². The Bertz CT molecular complexity index is 619. The maximum atomic E-state index is 9.13. The van der Waals surface area contributed by atoms with Crippen LogP contribution in [0.15, 0.2) is 42.6 Å². The van der Waals surface area contributed by atoms with Crippen LogP contribution in [-0.4, -0.2) is 12.0 Å². The van der Waals surface area contributed by atoms with Crippen LogP contribution in [0.1, 0.15) is 24.1 Å². The Labute approximate surface area is 118 Å². The summed E-state index contributed by atoms with van der Waals surface area (Å²) in [4.78, 5) is 6.24. The molecule has 2 aromatic rings. The molecule has 0 bridgehead atoms. The van der Waals surface area contributed by atoms with Gasteiger partial charge >= 0.3 is 0 Å². The molecule has 1 aromatic carbocycles. The average molecular weight is 272 g/mol. The number of anilines is 1. The van der Waals surface area contributed by atoms with Gasteiger partial charge in [-0.3, -0.25) is 0 Å². The summed E-state index contributed by atoms with van der Waals surface area (Å²) in [6, 6.07) is 13.4. The summed E-state index contributed by atoms with van der Waals surface area (Å²) in [6.07, 6.45) is 1.69. The third-order valence-corrected chi connectivity index (χ3v) is 3.52. The Balaban J connectivity index is 2.37. The van der Waals surface area contributed by atoms with Crippen molar-refractivity contribution in [1.82, 2.24) is 4.98 Å². The van der Waals surface area contributed by atoms with Crippen LogP contribution in [0.3, 0.4) is 0 Å². The third-order valence-electron chi connectivity index (χ3n) is 3.18. The van der Waals surface area contributed by atoms with Crippen molar-refractivity contribution in [3.63, 3.8) is 0 Å². The van der Waals surface area contributed by atoms with Gasteiger partial charge in [-0.2, -0.15) is 5.26 Å². The molecule has 0 fully saturated rings. The number of nitriles is 1. The summed E-state index contributed by atoms with van der Waals surface area (Å²) in [6.45, 7) is 2.04. The summed E-state index contributed by atoms with van der Waals surface area (Å²) in [5.41, 5.74) is 1.57. The van der Waals surface area contributed by atoms with Gasteiger partial charge in [0.25, 0.3) is 0 Å². The molecule has 4 heteroatoms. The summed E-state index contributed by atoms with van der Waals surface area (Å²) in [7, 11) is 1.91. The average Bonchev–Trinajstić information content (AvgIpc) is 2.46. The summed E-state index contributed by atoms with van der Waals surface area (Å²) < 4.78 is 0. The first-order valence-electron chi connectivity index (χ1n) is 5.97. The van der Waals surface area contributed by atoms with Crippen molar-refractivity contribution in [2.75, 3.05) is 11.9 Å². The standard InChI is InChI=1S/C15H14ClN3/c1-11(13-7-3-4-8-14(13)16)19(2)15-12(10-17)6-5-9-18-15/h3-9,11H,1-2H3. The highest BCUT2D eigenvalue weighted by atomic mass is 35.5. The number of rotatable bonds is 3. The lowest BCUT2D eigenvalue weighted by molar-refractivity contribution is 0.728. The van der Waals surface area contributed by atoms with Crippen molar-refractivity contribution in [3.8, 4) is 6.07 Å². The van der Waals surface area contributed by atoms with E-state index in [-0.39, 0.29) is 6.04 Å². The van der Waals surface area contributed by atoms with Crippen LogP contribution in [-0.2, 0) is 0 Å². The van der Waals surface area contributed by atoms with E-state index in [1.807, 2.05) is 43.1 Å². The molecule has 0 aliphatic heterocycles. The molecule has 1 aromatic heterocycles. The molecular weight excluding hydrogens is 258 g/mol. The van der Waals surface area contributed by atoms with Gasteiger partial charge < -0.3 is 4.90 Å². The maximum absolute atomic E-state index is 9.13. The van der Waals surface area contributed by atoms with Crippen molar-refractivity contribution in [2.24, 2.45) is 0 Å². The van der Waals surface area contributed by atoms with Gasteiger partial charge in [-0.1, -0.05) is 29.8 Å². The molecule has 0 aliphatic carbocycles. The molecular formula is C15H14ClN3. The Hall–Kier alpha value is -2.05. The second-order valence-corrected chi connectivity index (χ2v) is 4.70. The monoisotopic (exact) mass is 271 g/mol. The predicted molar refractivity (Wildman–Crippen MR) is 77.2 cm³/mol. The molecule has 0 saturated carbocycles. The molecule has 0 amide bonds. The van der Waals surface area contributed by atoms with Crippen LogP contribution in [0.25, 0.3) is 0 Å². The zero-order chi connectivity index (χ0) is 13.8. The topological polar surface area (TPSA) is 39.9 Å². The first kappa shape index (κ1) is 13.4. The lowest BCUT2D eigenvalue weighted by Crippen LogP contribution is -2.23. The molecule has 1 unspecified atom stereocenters. The summed E-state index contributed by atoms with van der Waals surface area (Å²) in [5, 5.41) is 9.85. The zero-order valence-corrected chi connectivity index (χ0v) is 11.6. The molecule has 0 spiro atoms. The van der Waals surface area contributed by atoms with Gasteiger partial charge in [-0.25, -0.2) is 4.98 Å². The van der Waals surface area contributed by atoms with Gasteiger partial charge in [-0.15, -0.1) is 0 Å². The van der Waals surface area contributed by atoms with E-state index in [0.717, 1.165) is 10.6 Å². The molecule has 19 heavy (non-hydrogen) atoms. The van der Waals surface area contributed by atoms with Crippen LogP contribution < -0.4 is 4.90 Å². The van der Waals surface area contributed by atoms with Crippen LogP contribution in [0, 0.1) is 11.3 Å². The fraction of sp³-hybridized carbons (Fsp3) is 0.200. The van der Waals surface area contributed by atoms with E-state index < -0.39 is 0 Å². The van der Waals surface area contributed by atoms with E-state index >= 15 is 0 Å². The van der Waals surface area contributed by atoms with Gasteiger partial charge in [0.2, 0.25) is 0 Å². The van der Waals surface area contributed by atoms with E-state index in [9.17, 15) is 0 Å². The molecule has 2 rings (SSSR count). The number of halogens is 1. The Morgan fingerprint density at radius 1 is 1.26 bits per heavy atom. The minimum Gasteiger partial charge on any atom is -0.352 e. The van der Waals surface area contributed by atoms with Gasteiger partial charge in [0.15, 0.2) is 0 Å². The summed E-state index contributed by atoms with van der Waals surface area (Å²) in [5.74, 6) is 0.664. The van der Waals surface area contributed by atoms with E-state index in [4.69, 9.17) is 16.9 Å². The van der Waals surface area contributed by atoms with Crippen LogP contribution in [0.2, 0.25) is 5.02 Å². The fourth-order valence-electron chi connectivity index (χ4n) is 1.97. The second-order valence-electron chi connectivity index (χ2n) is 4.29. The fourth-order valence-corrected chi connectivity index (χ4v) is 2.26. The quantitative estimate of drug-likeness (QED) is 0.852. The lowest BCUT2D eigenvalue weighted by Gasteiger charge is -2.27. The minimum absolute atomic E-state index is 0.0377. The molecule has 0 aliphatic rings. The SMILES string of the molecule is CC(c1ccccc1Cl)N(C)c1ncccc1C#N. The Morgan fingerprint density at radius 3 is 2.68 bits per heavy atom. The van der Waals surface area contributed by atoms with Gasteiger partial charge in [-0.05, 0) is 30.7 Å². The molecule has 96 valence electrons. The van der Waals surface area contributed by atoms with Gasteiger partial charge in [0.1, 0.15) is 11.9 Å². The van der Waals surface area contributed by atoms with Crippen molar-refractivity contribution >= 4 is 17.4 Å². The highest BCUT2D eigenvalue weighted by Gasteiger charge is 2.18. The number of nitrogens with zero attached hydrogens (tertiary/aromatic N) is 3. The van der Waals surface area contributed by atoms with Crippen LogP contribution >= 0.6 is 11.6 Å². The van der Waals surface area contributed by atoms with Crippen molar-refractivity contribution < 1.29 is 0 Å². The van der Waals surface area contributed by atoms with E-state index in [1.165, 1.54) is 0 Å². The predicted octanol–water partition coefficient (Wildman–Crippen LogP) is 3.80. The molecule has 3 nitrogen and oxygen atoms in total. The largest absolute Gasteiger partial charge is 0.352 e. The van der Waals surface area contributed by atoms with E-state index in [0.29, 0.717) is 11.4 Å². The number of benzene rings is 1. The van der Waals surface area contributed by atoms with E-state index in [2.05, 4.69) is 11.1 Å². The van der Waals surface area contributed by atoms with Crippen molar-refractivity contribution in [2.45, 2.75) is 13.0 Å². The number of hydrogen-bond acceptors (Lipinski definition) is 3. The first-order chi connectivity index (χ1) is 9.15. The minimum atomic E-state index is 0.0377. The molecule has 1 heterocycles. The van der Waals surface area contributed by atoms with Crippen LogP contribution in [0.5, 0.6) is 0 Å². The number of pyridine rings is 1. The maximum Gasteiger partial charge on any atom is 0.146 e. The normalized spacial score (nSPS) is 11.7. The van der Waals surface area contributed by atoms with Gasteiger partial charge in [0, 0.05) is 18.3 Å². The van der Waals surface area contributed by atoms with Gasteiger partial charge in [0.05, 0.1) is 11.6 Å². The lowest BCUT2D eigenvalue weighted by atomic mass is 10.1. The molecule has 0 radical (unpaired) electrons. The smallest absolute Gasteiger partial charge is 0.146 e. The molecule has 1 atom stereocenters. The molecule has 0 saturated heterocycles. The van der Waals surface area contributed by atoms with Crippen molar-refractivity contribution in [3.05, 3.63) is 58.7 Å². The second kappa shape index (κ2) is 5.73. The molecule has 0 N–H and O–H groups in total. The number of hydrogen-bond donors (Lipinski definition) is 0. The third kappa shape index (κ3) is 2.69. The van der Waals surface area contributed by atoms with Crippen LogP contribution in [0.4, 0.5) is 5.82 Å². The zero-order valence-electron chi connectivity index (χ0n) is 10.8. The number of aromatic nitrogens is 1. The Kier molecular flexibility index (Phi) is 4.03. The Morgan fingerprint density at radius 2 is 2.00 bits per heavy atom. The summed E-state index contributed by atoms with van der Waals surface area (Å²) >= 11 is 6.21. The highest BCUT2D eigenvalue weighted by Crippen LogP contribution is 2.30. The van der Waals surface area contributed by atoms with E-state index in [1.54, 1.807) is 18.3 Å².